The van der Waals surface area contributed by atoms with Gasteiger partial charge in [0.15, 0.2) is 0 Å². The van der Waals surface area contributed by atoms with Crippen molar-refractivity contribution >= 4 is 11.8 Å². The second-order valence-corrected chi connectivity index (χ2v) is 6.19. The van der Waals surface area contributed by atoms with E-state index in [4.69, 9.17) is 0 Å². The third-order valence-corrected chi connectivity index (χ3v) is 4.51. The van der Waals surface area contributed by atoms with E-state index in [1.807, 2.05) is 49.2 Å². The summed E-state index contributed by atoms with van der Waals surface area (Å²) < 4.78 is 1.66. The number of carbonyl (C=O) groups excluding carboxylic acids is 2. The van der Waals surface area contributed by atoms with E-state index in [0.717, 1.165) is 11.3 Å². The van der Waals surface area contributed by atoms with Crippen LogP contribution in [0.15, 0.2) is 36.5 Å². The molecule has 1 aromatic heterocycles. The minimum atomic E-state index is -0.143. The summed E-state index contributed by atoms with van der Waals surface area (Å²) in [4.78, 5) is 28.5. The van der Waals surface area contributed by atoms with Crippen molar-refractivity contribution in [1.29, 1.82) is 0 Å². The van der Waals surface area contributed by atoms with E-state index >= 15 is 0 Å². The van der Waals surface area contributed by atoms with Crippen LogP contribution in [0.5, 0.6) is 0 Å². The molecule has 0 unspecified atom stereocenters. The molecule has 1 atom stereocenters. The van der Waals surface area contributed by atoms with Crippen LogP contribution < -0.4 is 0 Å². The number of nitrogens with zero attached hydrogens (tertiary/aromatic N) is 4. The SMILES string of the molecule is CC(=O)N1CCN(C(=O)c2cn(C)nc2C)[C@@H](c2ccccc2)C1. The molecule has 1 aliphatic rings. The molecule has 0 radical (unpaired) electrons. The molecule has 2 amide bonds. The molecule has 0 aliphatic carbocycles. The fraction of sp³-hybridized carbons (Fsp3) is 0.389. The molecular weight excluding hydrogens is 304 g/mol. The lowest BCUT2D eigenvalue weighted by atomic mass is 10.0. The zero-order valence-corrected chi connectivity index (χ0v) is 14.3. The number of aromatic nitrogens is 2. The molecule has 2 aromatic rings. The minimum absolute atomic E-state index is 0.0299. The zero-order chi connectivity index (χ0) is 17.3. The Morgan fingerprint density at radius 2 is 1.88 bits per heavy atom. The van der Waals surface area contributed by atoms with Crippen LogP contribution >= 0.6 is 0 Å². The second kappa shape index (κ2) is 6.47. The third kappa shape index (κ3) is 3.04. The summed E-state index contributed by atoms with van der Waals surface area (Å²) in [7, 11) is 1.81. The van der Waals surface area contributed by atoms with Crippen LogP contribution in [-0.4, -0.2) is 51.0 Å². The van der Waals surface area contributed by atoms with Gasteiger partial charge in [-0.1, -0.05) is 30.3 Å². The molecule has 0 N–H and O–H groups in total. The van der Waals surface area contributed by atoms with E-state index in [1.54, 1.807) is 22.7 Å². The van der Waals surface area contributed by atoms with E-state index in [9.17, 15) is 9.59 Å². The average molecular weight is 326 g/mol. The topological polar surface area (TPSA) is 58.4 Å². The van der Waals surface area contributed by atoms with Gasteiger partial charge in [0.1, 0.15) is 0 Å². The molecule has 1 aromatic carbocycles. The van der Waals surface area contributed by atoms with Crippen molar-refractivity contribution in [2.45, 2.75) is 19.9 Å². The first-order chi connectivity index (χ1) is 11.5. The molecule has 2 heterocycles. The van der Waals surface area contributed by atoms with Crippen molar-refractivity contribution < 1.29 is 9.59 Å². The summed E-state index contributed by atoms with van der Waals surface area (Å²) >= 11 is 0. The quantitative estimate of drug-likeness (QED) is 0.845. The van der Waals surface area contributed by atoms with Crippen molar-refractivity contribution in [3.8, 4) is 0 Å². The maximum absolute atomic E-state index is 13.1. The Morgan fingerprint density at radius 3 is 2.46 bits per heavy atom. The number of amides is 2. The molecule has 126 valence electrons. The van der Waals surface area contributed by atoms with E-state index in [0.29, 0.717) is 25.2 Å². The van der Waals surface area contributed by atoms with Gasteiger partial charge in [0.05, 0.1) is 17.3 Å². The summed E-state index contributed by atoms with van der Waals surface area (Å²) in [6.45, 7) is 5.02. The van der Waals surface area contributed by atoms with Crippen molar-refractivity contribution in [3.05, 3.63) is 53.3 Å². The summed E-state index contributed by atoms with van der Waals surface area (Å²) in [5, 5.41) is 4.27. The van der Waals surface area contributed by atoms with Gasteiger partial charge in [-0.2, -0.15) is 5.10 Å². The Bertz CT molecular complexity index is 754. The standard InChI is InChI=1S/C18H22N4O2/c1-13-16(11-20(3)19-13)18(24)22-10-9-21(14(2)23)12-17(22)15-7-5-4-6-8-15/h4-8,11,17H,9-10,12H2,1-3H3/t17-/m1/s1. The molecule has 6 heteroatoms. The second-order valence-electron chi connectivity index (χ2n) is 6.19. The normalized spacial score (nSPS) is 17.9. The Morgan fingerprint density at radius 1 is 1.17 bits per heavy atom. The largest absolute Gasteiger partial charge is 0.339 e. The lowest BCUT2D eigenvalue weighted by Crippen LogP contribution is -2.51. The summed E-state index contributed by atoms with van der Waals surface area (Å²) in [5.74, 6) is 0.0123. The molecule has 1 saturated heterocycles. The van der Waals surface area contributed by atoms with E-state index in [1.165, 1.54) is 0 Å². The first-order valence-electron chi connectivity index (χ1n) is 8.09. The Balaban J connectivity index is 1.94. The number of carbonyl (C=O) groups is 2. The lowest BCUT2D eigenvalue weighted by Gasteiger charge is -2.41. The van der Waals surface area contributed by atoms with Crippen LogP contribution in [0.3, 0.4) is 0 Å². The van der Waals surface area contributed by atoms with Crippen LogP contribution in [0.25, 0.3) is 0 Å². The number of hydrogen-bond donors (Lipinski definition) is 0. The molecule has 3 rings (SSSR count). The Hall–Kier alpha value is -2.63. The Kier molecular flexibility index (Phi) is 4.38. The summed E-state index contributed by atoms with van der Waals surface area (Å²) in [6.07, 6.45) is 1.76. The van der Waals surface area contributed by atoms with Gasteiger partial charge in [0, 0.05) is 39.8 Å². The van der Waals surface area contributed by atoms with Gasteiger partial charge >= 0.3 is 0 Å². The predicted molar refractivity (Wildman–Crippen MR) is 90.4 cm³/mol. The molecule has 0 saturated carbocycles. The average Bonchev–Trinajstić information content (AvgIpc) is 2.92. The first kappa shape index (κ1) is 16.2. The summed E-state index contributed by atoms with van der Waals surface area (Å²) in [6, 6.07) is 9.73. The molecule has 1 aliphatic heterocycles. The van der Waals surface area contributed by atoms with E-state index < -0.39 is 0 Å². The van der Waals surface area contributed by atoms with Gasteiger partial charge in [-0.15, -0.1) is 0 Å². The van der Waals surface area contributed by atoms with Crippen molar-refractivity contribution in [2.75, 3.05) is 19.6 Å². The van der Waals surface area contributed by atoms with Crippen molar-refractivity contribution in [1.82, 2.24) is 19.6 Å². The third-order valence-electron chi connectivity index (χ3n) is 4.51. The predicted octanol–water partition coefficient (Wildman–Crippen LogP) is 1.77. The molecule has 1 fully saturated rings. The fourth-order valence-electron chi connectivity index (χ4n) is 3.24. The maximum Gasteiger partial charge on any atom is 0.257 e. The smallest absolute Gasteiger partial charge is 0.257 e. The van der Waals surface area contributed by atoms with Crippen molar-refractivity contribution in [3.63, 3.8) is 0 Å². The Labute approximate surface area is 141 Å². The highest BCUT2D eigenvalue weighted by atomic mass is 16.2. The minimum Gasteiger partial charge on any atom is -0.339 e. The lowest BCUT2D eigenvalue weighted by molar-refractivity contribution is -0.131. The number of rotatable bonds is 2. The number of benzene rings is 1. The van der Waals surface area contributed by atoms with Crippen LogP contribution in [-0.2, 0) is 11.8 Å². The van der Waals surface area contributed by atoms with Gasteiger partial charge in [-0.05, 0) is 12.5 Å². The molecule has 6 nitrogen and oxygen atoms in total. The van der Waals surface area contributed by atoms with Gasteiger partial charge in [0.25, 0.3) is 5.91 Å². The number of hydrogen-bond acceptors (Lipinski definition) is 3. The van der Waals surface area contributed by atoms with Crippen LogP contribution in [0.2, 0.25) is 0 Å². The number of aryl methyl sites for hydroxylation is 2. The van der Waals surface area contributed by atoms with E-state index in [2.05, 4.69) is 5.10 Å². The molecule has 0 bridgehead atoms. The highest BCUT2D eigenvalue weighted by Crippen LogP contribution is 2.27. The fourth-order valence-corrected chi connectivity index (χ4v) is 3.24. The highest BCUT2D eigenvalue weighted by molar-refractivity contribution is 5.95. The van der Waals surface area contributed by atoms with Crippen LogP contribution in [0.4, 0.5) is 0 Å². The van der Waals surface area contributed by atoms with Gasteiger partial charge < -0.3 is 9.80 Å². The molecule has 24 heavy (non-hydrogen) atoms. The van der Waals surface area contributed by atoms with E-state index in [-0.39, 0.29) is 17.9 Å². The van der Waals surface area contributed by atoms with Crippen LogP contribution in [0.1, 0.15) is 34.6 Å². The number of piperazine rings is 1. The van der Waals surface area contributed by atoms with Gasteiger partial charge in [0.2, 0.25) is 5.91 Å². The van der Waals surface area contributed by atoms with Crippen LogP contribution in [0, 0.1) is 6.92 Å². The van der Waals surface area contributed by atoms with Gasteiger partial charge in [-0.25, -0.2) is 0 Å². The highest BCUT2D eigenvalue weighted by Gasteiger charge is 2.34. The van der Waals surface area contributed by atoms with Gasteiger partial charge in [-0.3, -0.25) is 14.3 Å². The van der Waals surface area contributed by atoms with Crippen molar-refractivity contribution in [2.24, 2.45) is 7.05 Å². The molecular formula is C18H22N4O2. The maximum atomic E-state index is 13.1. The summed E-state index contributed by atoms with van der Waals surface area (Å²) in [5.41, 5.74) is 2.39. The first-order valence-corrected chi connectivity index (χ1v) is 8.09. The monoisotopic (exact) mass is 326 g/mol. The molecule has 0 spiro atoms. The zero-order valence-electron chi connectivity index (χ0n) is 14.3.